The molecule has 1 saturated heterocycles. The molecule has 0 saturated carbocycles. The molecule has 0 radical (unpaired) electrons. The van der Waals surface area contributed by atoms with E-state index in [-0.39, 0.29) is 31.3 Å². The average Bonchev–Trinajstić information content (AvgIpc) is 3.53. The summed E-state index contributed by atoms with van der Waals surface area (Å²) in [6.45, 7) is 2.31. The van der Waals surface area contributed by atoms with Crippen molar-refractivity contribution in [2.24, 2.45) is 5.92 Å². The van der Waals surface area contributed by atoms with Crippen LogP contribution in [0.15, 0.2) is 84.3 Å². The van der Waals surface area contributed by atoms with Gasteiger partial charge in [0.1, 0.15) is 6.33 Å². The summed E-state index contributed by atoms with van der Waals surface area (Å²) in [7, 11) is 0. The molecule has 2 heterocycles. The van der Waals surface area contributed by atoms with Gasteiger partial charge < -0.3 is 19.9 Å². The third-order valence-electron chi connectivity index (χ3n) is 7.11. The first-order valence-corrected chi connectivity index (χ1v) is 15.4. The molecule has 1 aliphatic rings. The van der Waals surface area contributed by atoms with Gasteiger partial charge >= 0.3 is 0 Å². The van der Waals surface area contributed by atoms with Gasteiger partial charge in [0.2, 0.25) is 0 Å². The Kier molecular flexibility index (Phi) is 10.1. The van der Waals surface area contributed by atoms with Crippen molar-refractivity contribution in [1.82, 2.24) is 20.5 Å². The summed E-state index contributed by atoms with van der Waals surface area (Å²) in [6.07, 6.45) is 0.526. The molecule has 1 fully saturated rings. The van der Waals surface area contributed by atoms with Gasteiger partial charge in [0.05, 0.1) is 18.8 Å². The molecule has 3 aromatic carbocycles. The molecule has 1 aromatic heterocycles. The summed E-state index contributed by atoms with van der Waals surface area (Å²) >= 11 is 18.7. The van der Waals surface area contributed by atoms with Crippen molar-refractivity contribution >= 4 is 52.5 Å². The zero-order valence-corrected chi connectivity index (χ0v) is 25.6. The molecule has 0 spiro atoms. The van der Waals surface area contributed by atoms with Gasteiger partial charge in [-0.05, 0) is 27.8 Å². The molecule has 42 heavy (non-hydrogen) atoms. The van der Waals surface area contributed by atoms with E-state index < -0.39 is 16.0 Å². The Bertz CT molecular complexity index is 1470. The standard InChI is InChI=1S/C30H29Cl3N4O4S/c1-18-25(16-42-29-35-17-36-37-29)40-27(41-26(18)21-8-6-19(15-38)7-9-21)22-12-10-20(11-13-22)24-5-3-2-4-23(24)14-34-28(39)30(31,32)33/h2-13,17-18,25-27,38H,14-16H2,1H3,(H,34,39)(H,35,36,37)/t18-,25+,26+,27+/m1/s1. The van der Waals surface area contributed by atoms with Crippen molar-refractivity contribution < 1.29 is 19.4 Å². The third-order valence-corrected chi connectivity index (χ3v) is 8.59. The topological polar surface area (TPSA) is 109 Å². The Morgan fingerprint density at radius 2 is 1.74 bits per heavy atom. The second-order valence-electron chi connectivity index (χ2n) is 9.88. The van der Waals surface area contributed by atoms with Crippen LogP contribution in [0.5, 0.6) is 0 Å². The van der Waals surface area contributed by atoms with Crippen LogP contribution in [0.1, 0.15) is 41.6 Å². The molecule has 4 atom stereocenters. The summed E-state index contributed by atoms with van der Waals surface area (Å²) in [5.74, 6) is 0.0214. The van der Waals surface area contributed by atoms with Gasteiger partial charge in [-0.15, -0.1) is 0 Å². The molecular formula is C30H29Cl3N4O4S. The smallest absolute Gasteiger partial charge is 0.272 e. The van der Waals surface area contributed by atoms with E-state index in [1.807, 2.05) is 72.8 Å². The number of H-pyrrole nitrogens is 1. The molecule has 1 aliphatic heterocycles. The second-order valence-corrected chi connectivity index (χ2v) is 13.2. The zero-order valence-electron chi connectivity index (χ0n) is 22.5. The van der Waals surface area contributed by atoms with Gasteiger partial charge in [0, 0.05) is 23.8 Å². The van der Waals surface area contributed by atoms with Crippen molar-refractivity contribution in [3.8, 4) is 11.1 Å². The van der Waals surface area contributed by atoms with Gasteiger partial charge in [-0.25, -0.2) is 4.98 Å². The maximum Gasteiger partial charge on any atom is 0.272 e. The highest BCUT2D eigenvalue weighted by molar-refractivity contribution is 7.99. The molecule has 12 heteroatoms. The predicted octanol–water partition coefficient (Wildman–Crippen LogP) is 6.53. The quantitative estimate of drug-likeness (QED) is 0.140. The third kappa shape index (κ3) is 7.47. The van der Waals surface area contributed by atoms with Crippen LogP contribution in [0.25, 0.3) is 11.1 Å². The molecule has 0 bridgehead atoms. The molecule has 0 unspecified atom stereocenters. The Labute approximate surface area is 263 Å². The Morgan fingerprint density at radius 3 is 2.40 bits per heavy atom. The lowest BCUT2D eigenvalue weighted by molar-refractivity contribution is -0.268. The number of thioether (sulfide) groups is 1. The van der Waals surface area contributed by atoms with Crippen molar-refractivity contribution in [2.75, 3.05) is 5.75 Å². The number of hydrogen-bond donors (Lipinski definition) is 3. The lowest BCUT2D eigenvalue weighted by Gasteiger charge is -2.41. The number of aliphatic hydroxyl groups is 1. The summed E-state index contributed by atoms with van der Waals surface area (Å²) in [5, 5.41) is 19.7. The van der Waals surface area contributed by atoms with Crippen LogP contribution >= 0.6 is 46.6 Å². The normalized spacial score (nSPS) is 20.8. The minimum Gasteiger partial charge on any atom is -0.392 e. The molecular weight excluding hydrogens is 619 g/mol. The number of aliphatic hydroxyl groups excluding tert-OH is 1. The number of carbonyl (C=O) groups is 1. The molecule has 8 nitrogen and oxygen atoms in total. The highest BCUT2D eigenvalue weighted by atomic mass is 35.6. The van der Waals surface area contributed by atoms with Crippen LogP contribution in [-0.4, -0.2) is 41.8 Å². The zero-order chi connectivity index (χ0) is 29.7. The fourth-order valence-electron chi connectivity index (χ4n) is 4.79. The molecule has 220 valence electrons. The Balaban J connectivity index is 1.36. The first kappa shape index (κ1) is 30.8. The molecule has 3 N–H and O–H groups in total. The summed E-state index contributed by atoms with van der Waals surface area (Å²) in [6, 6.07) is 23.5. The first-order chi connectivity index (χ1) is 20.2. The van der Waals surface area contributed by atoms with Crippen LogP contribution in [0.4, 0.5) is 0 Å². The molecule has 1 amide bonds. The van der Waals surface area contributed by atoms with Gasteiger partial charge in [0.15, 0.2) is 11.4 Å². The monoisotopic (exact) mass is 646 g/mol. The number of hydrogen-bond acceptors (Lipinski definition) is 7. The van der Waals surface area contributed by atoms with Gasteiger partial charge in [-0.2, -0.15) is 5.10 Å². The number of benzene rings is 3. The number of aromatic amines is 1. The van der Waals surface area contributed by atoms with Crippen LogP contribution in [0.3, 0.4) is 0 Å². The fraction of sp³-hybridized carbons (Fsp3) is 0.300. The lowest BCUT2D eigenvalue weighted by atomic mass is 9.91. The van der Waals surface area contributed by atoms with E-state index in [4.69, 9.17) is 44.3 Å². The number of nitrogens with one attached hydrogen (secondary N) is 2. The first-order valence-electron chi connectivity index (χ1n) is 13.2. The van der Waals surface area contributed by atoms with E-state index in [1.165, 1.54) is 6.33 Å². The van der Waals surface area contributed by atoms with E-state index in [1.54, 1.807) is 11.8 Å². The van der Waals surface area contributed by atoms with E-state index in [2.05, 4.69) is 27.4 Å². The van der Waals surface area contributed by atoms with Crippen molar-refractivity contribution in [3.05, 3.63) is 101 Å². The Hall–Kier alpha value is -2.63. The number of aromatic nitrogens is 3. The van der Waals surface area contributed by atoms with Gasteiger partial charge in [-0.3, -0.25) is 9.89 Å². The van der Waals surface area contributed by atoms with Crippen LogP contribution < -0.4 is 5.32 Å². The van der Waals surface area contributed by atoms with Crippen LogP contribution in [-0.2, 0) is 27.4 Å². The summed E-state index contributed by atoms with van der Waals surface area (Å²) < 4.78 is 11.0. The largest absolute Gasteiger partial charge is 0.392 e. The average molecular weight is 648 g/mol. The number of rotatable bonds is 9. The van der Waals surface area contributed by atoms with Gasteiger partial charge in [0.25, 0.3) is 9.70 Å². The number of halogens is 3. The number of carbonyl (C=O) groups excluding carboxylic acids is 1. The number of ether oxygens (including phenoxy) is 2. The second kappa shape index (κ2) is 13.8. The van der Waals surface area contributed by atoms with E-state index in [9.17, 15) is 9.90 Å². The van der Waals surface area contributed by atoms with Gasteiger partial charge in [-0.1, -0.05) is 126 Å². The fourth-order valence-corrected chi connectivity index (χ4v) is 5.93. The number of nitrogens with zero attached hydrogens (tertiary/aromatic N) is 2. The maximum atomic E-state index is 12.1. The van der Waals surface area contributed by atoms with Crippen molar-refractivity contribution in [3.63, 3.8) is 0 Å². The van der Waals surface area contributed by atoms with Crippen molar-refractivity contribution in [2.45, 2.75) is 47.5 Å². The SMILES string of the molecule is C[C@@H]1[C@H](CSc2ncn[nH]2)O[C@H](c2ccc(-c3ccccc3CNC(=O)C(Cl)(Cl)Cl)cc2)O[C@@H]1c1ccc(CO)cc1. The van der Waals surface area contributed by atoms with E-state index in [0.29, 0.717) is 5.75 Å². The lowest BCUT2D eigenvalue weighted by Crippen LogP contribution is -2.38. The molecule has 4 aromatic rings. The Morgan fingerprint density at radius 1 is 1.02 bits per heavy atom. The maximum absolute atomic E-state index is 12.1. The summed E-state index contributed by atoms with van der Waals surface area (Å²) in [4.78, 5) is 16.3. The van der Waals surface area contributed by atoms with Crippen LogP contribution in [0.2, 0.25) is 0 Å². The highest BCUT2D eigenvalue weighted by Gasteiger charge is 2.38. The van der Waals surface area contributed by atoms with Crippen LogP contribution in [0, 0.1) is 5.92 Å². The van der Waals surface area contributed by atoms with E-state index >= 15 is 0 Å². The van der Waals surface area contributed by atoms with E-state index in [0.717, 1.165) is 38.5 Å². The summed E-state index contributed by atoms with van der Waals surface area (Å²) in [5.41, 5.74) is 5.51. The minimum absolute atomic E-state index is 0.0156. The minimum atomic E-state index is -2.03. The molecule has 0 aliphatic carbocycles. The predicted molar refractivity (Wildman–Crippen MR) is 164 cm³/mol. The number of alkyl halides is 3. The van der Waals surface area contributed by atoms with Crippen molar-refractivity contribution in [1.29, 1.82) is 0 Å². The number of amides is 1. The molecule has 5 rings (SSSR count). The highest BCUT2D eigenvalue weighted by Crippen LogP contribution is 2.43.